The largest absolute Gasteiger partial charge is 0.381 e. The second-order valence-corrected chi connectivity index (χ2v) is 8.54. The van der Waals surface area contributed by atoms with Crippen LogP contribution in [-0.4, -0.2) is 24.1 Å². The van der Waals surface area contributed by atoms with Crippen LogP contribution in [0.2, 0.25) is 0 Å². The van der Waals surface area contributed by atoms with Crippen molar-refractivity contribution in [2.75, 3.05) is 18.5 Å². The van der Waals surface area contributed by atoms with Gasteiger partial charge in [-0.05, 0) is 56.2 Å². The molecule has 2 aromatic rings. The van der Waals surface area contributed by atoms with E-state index < -0.39 is 5.41 Å². The Bertz CT molecular complexity index is 772. The molecule has 6 heteroatoms. The molecule has 1 N–H and O–H groups in total. The minimum atomic E-state index is -0.689. The fourth-order valence-corrected chi connectivity index (χ4v) is 5.16. The van der Waals surface area contributed by atoms with Gasteiger partial charge in [0, 0.05) is 18.1 Å². The van der Waals surface area contributed by atoms with Crippen LogP contribution in [0.3, 0.4) is 0 Å². The lowest BCUT2D eigenvalue weighted by molar-refractivity contribution is -0.125. The van der Waals surface area contributed by atoms with Gasteiger partial charge in [0.2, 0.25) is 5.91 Å². The predicted octanol–water partition coefficient (Wildman–Crippen LogP) is 4.63. The monoisotopic (exact) mass is 388 g/mol. The number of amides is 1. The first-order chi connectivity index (χ1) is 13.2. The first-order valence-electron chi connectivity index (χ1n) is 9.81. The summed E-state index contributed by atoms with van der Waals surface area (Å²) in [6.07, 6.45) is 8.13. The molecular formula is C21H25FN2O2S. The van der Waals surface area contributed by atoms with Gasteiger partial charge in [-0.2, -0.15) is 0 Å². The Balaban J connectivity index is 1.59. The van der Waals surface area contributed by atoms with E-state index in [0.717, 1.165) is 24.1 Å². The van der Waals surface area contributed by atoms with E-state index in [2.05, 4.69) is 5.32 Å². The lowest BCUT2D eigenvalue weighted by Gasteiger charge is -2.36. The Kier molecular flexibility index (Phi) is 5.55. The van der Waals surface area contributed by atoms with Crippen LogP contribution in [0.15, 0.2) is 24.3 Å². The highest BCUT2D eigenvalue weighted by atomic mass is 32.1. The first kappa shape index (κ1) is 18.6. The molecule has 4 nitrogen and oxygen atoms in total. The van der Waals surface area contributed by atoms with Gasteiger partial charge in [-0.1, -0.05) is 25.0 Å². The summed E-state index contributed by atoms with van der Waals surface area (Å²) in [6.45, 7) is 1.05. The average molecular weight is 389 g/mol. The fraction of sp³-hybridized carbons (Fsp3) is 0.524. The molecule has 0 atom stereocenters. The molecule has 2 heterocycles. The number of nitrogens with one attached hydrogen (secondary N) is 1. The minimum Gasteiger partial charge on any atom is -0.381 e. The van der Waals surface area contributed by atoms with Gasteiger partial charge in [0.1, 0.15) is 5.82 Å². The summed E-state index contributed by atoms with van der Waals surface area (Å²) >= 11 is 1.61. The highest BCUT2D eigenvalue weighted by Gasteiger charge is 2.42. The predicted molar refractivity (Wildman–Crippen MR) is 105 cm³/mol. The highest BCUT2D eigenvalue weighted by Crippen LogP contribution is 2.37. The van der Waals surface area contributed by atoms with Crippen molar-refractivity contribution in [3.63, 3.8) is 0 Å². The summed E-state index contributed by atoms with van der Waals surface area (Å²) in [6, 6.07) is 6.30. The molecule has 27 heavy (non-hydrogen) atoms. The number of anilines is 1. The van der Waals surface area contributed by atoms with E-state index in [9.17, 15) is 9.18 Å². The standard InChI is InChI=1S/C21H25FN2O2S/c22-16-9-7-15(8-10-16)21(11-13-26-14-12-21)19(25)24-20-23-17-5-3-1-2-4-6-18(17)27-20/h7-10H,1-6,11-14H2,(H,23,24,25). The number of ether oxygens (including phenoxy) is 1. The molecule has 4 rings (SSSR count). The Labute approximate surface area is 163 Å². The van der Waals surface area contributed by atoms with Crippen LogP contribution in [0.4, 0.5) is 9.52 Å². The number of carbonyl (C=O) groups excluding carboxylic acids is 1. The molecule has 1 aromatic heterocycles. The van der Waals surface area contributed by atoms with Gasteiger partial charge in [0.25, 0.3) is 0 Å². The van der Waals surface area contributed by atoms with E-state index >= 15 is 0 Å². The van der Waals surface area contributed by atoms with E-state index in [1.807, 2.05) is 0 Å². The van der Waals surface area contributed by atoms with E-state index in [1.54, 1.807) is 23.5 Å². The number of nitrogens with zero attached hydrogens (tertiary/aromatic N) is 1. The van der Waals surface area contributed by atoms with E-state index in [1.165, 1.54) is 42.7 Å². The van der Waals surface area contributed by atoms with E-state index in [-0.39, 0.29) is 11.7 Å². The molecular weight excluding hydrogens is 363 g/mol. The van der Waals surface area contributed by atoms with Crippen LogP contribution in [0, 0.1) is 5.82 Å². The smallest absolute Gasteiger partial charge is 0.236 e. The minimum absolute atomic E-state index is 0.0564. The molecule has 2 aliphatic rings. The van der Waals surface area contributed by atoms with Crippen molar-refractivity contribution >= 4 is 22.4 Å². The van der Waals surface area contributed by atoms with Gasteiger partial charge >= 0.3 is 0 Å². The van der Waals surface area contributed by atoms with Crippen LogP contribution < -0.4 is 5.32 Å². The Morgan fingerprint density at radius 1 is 1.07 bits per heavy atom. The summed E-state index contributed by atoms with van der Waals surface area (Å²) in [4.78, 5) is 19.4. The molecule has 1 fully saturated rings. The fourth-order valence-electron chi connectivity index (χ4n) is 4.11. The molecule has 0 radical (unpaired) electrons. The second kappa shape index (κ2) is 8.07. The van der Waals surface area contributed by atoms with Crippen molar-refractivity contribution in [3.05, 3.63) is 46.2 Å². The Morgan fingerprint density at radius 2 is 1.78 bits per heavy atom. The van der Waals surface area contributed by atoms with Gasteiger partial charge in [-0.3, -0.25) is 4.79 Å². The SMILES string of the molecule is O=C(Nc1nc2c(s1)CCCCCC2)C1(c2ccc(F)cc2)CCOCC1. The van der Waals surface area contributed by atoms with E-state index in [0.29, 0.717) is 31.2 Å². The summed E-state index contributed by atoms with van der Waals surface area (Å²) in [7, 11) is 0. The van der Waals surface area contributed by atoms with E-state index in [4.69, 9.17) is 9.72 Å². The molecule has 1 amide bonds. The zero-order valence-corrected chi connectivity index (χ0v) is 16.2. The van der Waals surface area contributed by atoms with Crippen molar-refractivity contribution in [1.29, 1.82) is 0 Å². The number of aromatic nitrogens is 1. The van der Waals surface area contributed by atoms with Crippen molar-refractivity contribution in [3.8, 4) is 0 Å². The van der Waals surface area contributed by atoms with Gasteiger partial charge in [-0.25, -0.2) is 9.37 Å². The average Bonchev–Trinajstić information content (AvgIpc) is 3.03. The number of hydrogen-bond acceptors (Lipinski definition) is 4. The lowest BCUT2D eigenvalue weighted by atomic mass is 9.73. The number of hydrogen-bond donors (Lipinski definition) is 1. The Hall–Kier alpha value is -1.79. The normalized spacial score (nSPS) is 19.6. The summed E-state index contributed by atoms with van der Waals surface area (Å²) in [5.74, 6) is -0.347. The molecule has 0 spiro atoms. The molecule has 1 aliphatic heterocycles. The third-order valence-corrected chi connectivity index (χ3v) is 6.82. The summed E-state index contributed by atoms with van der Waals surface area (Å²) in [5.41, 5.74) is 1.31. The molecule has 1 saturated heterocycles. The molecule has 0 bridgehead atoms. The second-order valence-electron chi connectivity index (χ2n) is 7.46. The van der Waals surface area contributed by atoms with Crippen LogP contribution >= 0.6 is 11.3 Å². The maximum atomic E-state index is 13.4. The summed E-state index contributed by atoms with van der Waals surface area (Å²) in [5, 5.41) is 3.78. The van der Waals surface area contributed by atoms with Crippen LogP contribution in [0.1, 0.15) is 54.7 Å². The maximum Gasteiger partial charge on any atom is 0.236 e. The first-order valence-corrected chi connectivity index (χ1v) is 10.6. The number of rotatable bonds is 3. The molecule has 0 saturated carbocycles. The third kappa shape index (κ3) is 3.92. The molecule has 144 valence electrons. The zero-order chi connectivity index (χ0) is 18.7. The van der Waals surface area contributed by atoms with Crippen molar-refractivity contribution in [2.24, 2.45) is 0 Å². The molecule has 1 aliphatic carbocycles. The number of aryl methyl sites for hydroxylation is 2. The van der Waals surface area contributed by atoms with Gasteiger partial charge in [-0.15, -0.1) is 11.3 Å². The van der Waals surface area contributed by atoms with Crippen molar-refractivity contribution < 1.29 is 13.9 Å². The molecule has 0 unspecified atom stereocenters. The summed E-state index contributed by atoms with van der Waals surface area (Å²) < 4.78 is 18.9. The molecule has 1 aromatic carbocycles. The number of fused-ring (bicyclic) bond motifs is 1. The quantitative estimate of drug-likeness (QED) is 0.834. The Morgan fingerprint density at radius 3 is 2.52 bits per heavy atom. The lowest BCUT2D eigenvalue weighted by Crippen LogP contribution is -2.44. The van der Waals surface area contributed by atoms with Crippen LogP contribution in [0.25, 0.3) is 0 Å². The highest BCUT2D eigenvalue weighted by molar-refractivity contribution is 7.15. The third-order valence-electron chi connectivity index (χ3n) is 5.74. The topological polar surface area (TPSA) is 51.2 Å². The van der Waals surface area contributed by atoms with Crippen LogP contribution in [-0.2, 0) is 27.8 Å². The van der Waals surface area contributed by atoms with Crippen molar-refractivity contribution in [1.82, 2.24) is 4.98 Å². The van der Waals surface area contributed by atoms with Gasteiger partial charge < -0.3 is 10.1 Å². The zero-order valence-electron chi connectivity index (χ0n) is 15.4. The van der Waals surface area contributed by atoms with Gasteiger partial charge in [0.15, 0.2) is 5.13 Å². The van der Waals surface area contributed by atoms with Gasteiger partial charge in [0.05, 0.1) is 11.1 Å². The number of benzene rings is 1. The number of carbonyl (C=O) groups is 1. The number of halogens is 1. The number of thiazole rings is 1. The van der Waals surface area contributed by atoms with Crippen molar-refractivity contribution in [2.45, 2.75) is 56.8 Å². The van der Waals surface area contributed by atoms with Crippen LogP contribution in [0.5, 0.6) is 0 Å². The maximum absolute atomic E-state index is 13.4.